The van der Waals surface area contributed by atoms with Crippen LogP contribution in [-0.4, -0.2) is 63.1 Å². The van der Waals surface area contributed by atoms with E-state index in [1.807, 2.05) is 13.8 Å². The summed E-state index contributed by atoms with van der Waals surface area (Å²) < 4.78 is 11.5. The van der Waals surface area contributed by atoms with Gasteiger partial charge in [0.05, 0.1) is 24.7 Å². The maximum atomic E-state index is 13.1. The number of hydrogen-bond acceptors (Lipinski definition) is 7. The number of aliphatic hydroxyl groups is 3. The maximum Gasteiger partial charge on any atom is 0.321 e. The summed E-state index contributed by atoms with van der Waals surface area (Å²) in [5.74, 6) is -6.21. The molecule has 150 valence electrons. The van der Waals surface area contributed by atoms with Gasteiger partial charge in [0.15, 0.2) is 11.5 Å². The van der Waals surface area contributed by atoms with Gasteiger partial charge in [0.25, 0.3) is 0 Å². The lowest BCUT2D eigenvalue weighted by atomic mass is 9.35. The summed E-state index contributed by atoms with van der Waals surface area (Å²) in [6, 6.07) is 0. The largest absolute Gasteiger partial charge is 0.481 e. The third-order valence-electron chi connectivity index (χ3n) is 8.63. The summed E-state index contributed by atoms with van der Waals surface area (Å²) in [5.41, 5.74) is -3.04. The number of ether oxygens (including phenoxy) is 2. The molecule has 6 aliphatic rings. The lowest BCUT2D eigenvalue weighted by molar-refractivity contribution is -0.435. The Labute approximate surface area is 156 Å². The summed E-state index contributed by atoms with van der Waals surface area (Å²) in [7, 11) is 0. The number of rotatable bonds is 1. The van der Waals surface area contributed by atoms with Crippen molar-refractivity contribution < 1.29 is 39.5 Å². The second kappa shape index (κ2) is 4.84. The topological polar surface area (TPSA) is 134 Å². The molecule has 6 rings (SSSR count). The van der Waals surface area contributed by atoms with E-state index in [4.69, 9.17) is 9.47 Å². The van der Waals surface area contributed by atoms with E-state index < -0.39 is 58.7 Å². The monoisotopic (exact) mass is 382 g/mol. The molecule has 0 radical (unpaired) electrons. The van der Waals surface area contributed by atoms with Crippen molar-refractivity contribution in [3.05, 3.63) is 0 Å². The van der Waals surface area contributed by atoms with Crippen LogP contribution in [-0.2, 0) is 19.1 Å². The van der Waals surface area contributed by atoms with Gasteiger partial charge in [-0.25, -0.2) is 0 Å². The molecule has 3 aliphatic heterocycles. The van der Waals surface area contributed by atoms with E-state index in [9.17, 15) is 30.0 Å². The summed E-state index contributed by atoms with van der Waals surface area (Å²) >= 11 is 0. The van der Waals surface area contributed by atoms with E-state index in [1.54, 1.807) is 0 Å². The molecule has 6 fully saturated rings. The van der Waals surface area contributed by atoms with Crippen LogP contribution in [0.15, 0.2) is 0 Å². The van der Waals surface area contributed by atoms with Gasteiger partial charge in [-0.05, 0) is 37.0 Å². The Balaban J connectivity index is 1.77. The fraction of sp³-hybridized carbons (Fsp3) is 0.895. The first kappa shape index (κ1) is 17.8. The first-order chi connectivity index (χ1) is 12.5. The fourth-order valence-corrected chi connectivity index (χ4v) is 7.63. The number of fused-ring (bicyclic) bond motifs is 1. The Morgan fingerprint density at radius 2 is 1.89 bits per heavy atom. The highest BCUT2D eigenvalue weighted by Crippen LogP contribution is 2.76. The third-order valence-corrected chi connectivity index (χ3v) is 8.63. The average Bonchev–Trinajstić information content (AvgIpc) is 2.75. The van der Waals surface area contributed by atoms with Gasteiger partial charge >= 0.3 is 11.9 Å². The standard InChI is InChI=1S/C19H26O8/c1-16(2)6-5-10(20)17-7-26-19(25)13(11(16)17)27-15(24)18(19)9(17)4-3-8(12(18)21)14(22)23/h8-13,20-21,25H,3-7H2,1-2H3,(H,22,23)/t8-,9+,10+,11-,12-,13+,17-,18-,19-/m1/s1. The third kappa shape index (κ3) is 1.60. The van der Waals surface area contributed by atoms with Gasteiger partial charge in [-0.3, -0.25) is 9.59 Å². The summed E-state index contributed by atoms with van der Waals surface area (Å²) in [5, 5.41) is 43.3. The van der Waals surface area contributed by atoms with Crippen molar-refractivity contribution in [2.24, 2.45) is 34.0 Å². The number of carboxylic acid groups (broad SMARTS) is 1. The average molecular weight is 382 g/mol. The molecule has 0 aromatic carbocycles. The van der Waals surface area contributed by atoms with E-state index in [0.717, 1.165) is 0 Å². The molecule has 2 spiro atoms. The minimum absolute atomic E-state index is 0.0722. The number of esters is 1. The van der Waals surface area contributed by atoms with E-state index in [0.29, 0.717) is 19.3 Å². The van der Waals surface area contributed by atoms with E-state index in [2.05, 4.69) is 0 Å². The van der Waals surface area contributed by atoms with E-state index >= 15 is 0 Å². The minimum Gasteiger partial charge on any atom is -0.481 e. The molecule has 4 bridgehead atoms. The highest BCUT2D eigenvalue weighted by Gasteiger charge is 2.90. The molecule has 0 unspecified atom stereocenters. The van der Waals surface area contributed by atoms with Crippen LogP contribution in [0.5, 0.6) is 0 Å². The van der Waals surface area contributed by atoms with Crippen LogP contribution in [0.3, 0.4) is 0 Å². The van der Waals surface area contributed by atoms with E-state index in [-0.39, 0.29) is 24.4 Å². The van der Waals surface area contributed by atoms with Crippen LogP contribution >= 0.6 is 0 Å². The zero-order valence-electron chi connectivity index (χ0n) is 15.4. The van der Waals surface area contributed by atoms with Crippen LogP contribution in [0.25, 0.3) is 0 Å². The summed E-state index contributed by atoms with van der Waals surface area (Å²) in [4.78, 5) is 24.8. The molecule has 3 heterocycles. The Kier molecular flexibility index (Phi) is 3.20. The van der Waals surface area contributed by atoms with Crippen molar-refractivity contribution in [3.63, 3.8) is 0 Å². The van der Waals surface area contributed by atoms with Crippen LogP contribution in [0.2, 0.25) is 0 Å². The molecular formula is C19H26O8. The van der Waals surface area contributed by atoms with Crippen molar-refractivity contribution in [1.29, 1.82) is 0 Å². The van der Waals surface area contributed by atoms with Gasteiger partial charge in [0.1, 0.15) is 0 Å². The molecule has 8 nitrogen and oxygen atoms in total. The zero-order valence-corrected chi connectivity index (χ0v) is 15.4. The zero-order chi connectivity index (χ0) is 19.6. The number of carboxylic acids is 1. The predicted octanol–water partition coefficient (Wildman–Crippen LogP) is -0.114. The molecule has 9 atom stereocenters. The molecule has 8 heteroatoms. The highest BCUT2D eigenvalue weighted by molar-refractivity contribution is 5.86. The second-order valence-corrected chi connectivity index (χ2v) is 9.83. The normalized spacial score (nSPS) is 57.6. The lowest BCUT2D eigenvalue weighted by Crippen LogP contribution is -2.83. The highest BCUT2D eigenvalue weighted by atomic mass is 16.7. The minimum atomic E-state index is -2.08. The van der Waals surface area contributed by atoms with Gasteiger partial charge in [0, 0.05) is 11.3 Å². The Bertz CT molecular complexity index is 735. The smallest absolute Gasteiger partial charge is 0.321 e. The van der Waals surface area contributed by atoms with Crippen LogP contribution in [0, 0.1) is 34.0 Å². The Hall–Kier alpha value is -1.22. The second-order valence-electron chi connectivity index (χ2n) is 9.83. The molecule has 0 aromatic heterocycles. The van der Waals surface area contributed by atoms with Gasteiger partial charge < -0.3 is 29.9 Å². The first-order valence-electron chi connectivity index (χ1n) is 9.71. The number of hydrogen-bond donors (Lipinski definition) is 4. The van der Waals surface area contributed by atoms with Crippen LogP contribution in [0.1, 0.15) is 39.5 Å². The molecule has 3 saturated carbocycles. The Morgan fingerprint density at radius 3 is 2.56 bits per heavy atom. The molecule has 3 saturated heterocycles. The molecule has 0 amide bonds. The van der Waals surface area contributed by atoms with Crippen LogP contribution in [0.4, 0.5) is 0 Å². The number of carbonyl (C=O) groups is 2. The van der Waals surface area contributed by atoms with Crippen molar-refractivity contribution in [1.82, 2.24) is 0 Å². The van der Waals surface area contributed by atoms with Crippen molar-refractivity contribution in [3.8, 4) is 0 Å². The first-order valence-corrected chi connectivity index (χ1v) is 9.71. The maximum absolute atomic E-state index is 13.1. The number of carbonyl (C=O) groups excluding carboxylic acids is 1. The van der Waals surface area contributed by atoms with E-state index in [1.165, 1.54) is 0 Å². The van der Waals surface area contributed by atoms with Gasteiger partial charge in [-0.15, -0.1) is 0 Å². The van der Waals surface area contributed by atoms with Crippen LogP contribution < -0.4 is 0 Å². The predicted molar refractivity (Wildman–Crippen MR) is 88.0 cm³/mol. The lowest BCUT2D eigenvalue weighted by Gasteiger charge is -2.72. The molecule has 0 aromatic rings. The SMILES string of the molecule is CC1(C)CC[C@H](O)[C@@]23CO[C@]4(O)[C@@H](OC(=O)[C@@]45[C@H](O)[C@H](C(=O)O)CC[C@@H]25)[C@H]13. The van der Waals surface area contributed by atoms with Gasteiger partial charge in [-0.1, -0.05) is 13.8 Å². The summed E-state index contributed by atoms with van der Waals surface area (Å²) in [6.07, 6.45) is -1.70. The molecular weight excluding hydrogens is 356 g/mol. The van der Waals surface area contributed by atoms with Crippen molar-refractivity contribution in [2.45, 2.75) is 63.6 Å². The quantitative estimate of drug-likeness (QED) is 0.462. The van der Waals surface area contributed by atoms with Crippen molar-refractivity contribution >= 4 is 11.9 Å². The number of aliphatic carboxylic acids is 1. The molecule has 27 heavy (non-hydrogen) atoms. The Morgan fingerprint density at radius 1 is 1.19 bits per heavy atom. The molecule has 3 aliphatic carbocycles. The van der Waals surface area contributed by atoms with Gasteiger partial charge in [-0.2, -0.15) is 0 Å². The molecule has 4 N–H and O–H groups in total. The van der Waals surface area contributed by atoms with Gasteiger partial charge in [0.2, 0.25) is 5.79 Å². The fourth-order valence-electron chi connectivity index (χ4n) is 7.63. The number of aliphatic hydroxyl groups excluding tert-OH is 2. The summed E-state index contributed by atoms with van der Waals surface area (Å²) in [6.45, 7) is 4.16. The van der Waals surface area contributed by atoms with Crippen molar-refractivity contribution in [2.75, 3.05) is 6.61 Å².